The van der Waals surface area contributed by atoms with Crippen LogP contribution in [-0.2, 0) is 4.79 Å². The highest BCUT2D eigenvalue weighted by molar-refractivity contribution is 6.33. The minimum absolute atomic E-state index is 0.0338. The molecule has 0 spiro atoms. The first-order valence-corrected chi connectivity index (χ1v) is 6.81. The lowest BCUT2D eigenvalue weighted by molar-refractivity contribution is -0.123. The number of halogens is 1. The first-order chi connectivity index (χ1) is 9.16. The fourth-order valence-electron chi connectivity index (χ4n) is 2.91. The number of nitrogens with zero attached hydrogens (tertiary/aromatic N) is 3. The quantitative estimate of drug-likeness (QED) is 0.857. The number of aromatic nitrogens is 3. The summed E-state index contributed by atoms with van der Waals surface area (Å²) in [6.07, 6.45) is 7.16. The minimum Gasteiger partial charge on any atom is -0.369 e. The molecule has 1 aliphatic carbocycles. The van der Waals surface area contributed by atoms with E-state index in [1.807, 2.05) is 12.3 Å². The van der Waals surface area contributed by atoms with Gasteiger partial charge in [0.05, 0.1) is 5.39 Å². The number of primary amides is 1. The van der Waals surface area contributed by atoms with Crippen LogP contribution in [-0.4, -0.2) is 20.4 Å². The minimum atomic E-state index is -0.200. The summed E-state index contributed by atoms with van der Waals surface area (Å²) in [6, 6.07) is 2.18. The van der Waals surface area contributed by atoms with Crippen molar-refractivity contribution in [2.24, 2.45) is 11.7 Å². The van der Waals surface area contributed by atoms with E-state index in [2.05, 4.69) is 14.5 Å². The van der Waals surface area contributed by atoms with Gasteiger partial charge in [-0.3, -0.25) is 4.79 Å². The van der Waals surface area contributed by atoms with Crippen LogP contribution in [0.25, 0.3) is 11.0 Å². The Labute approximate surface area is 115 Å². The van der Waals surface area contributed by atoms with Crippen LogP contribution < -0.4 is 5.73 Å². The number of hydrogen-bond acceptors (Lipinski definition) is 3. The van der Waals surface area contributed by atoms with E-state index in [-0.39, 0.29) is 17.9 Å². The lowest BCUT2D eigenvalue weighted by Crippen LogP contribution is -2.29. The molecular weight excluding hydrogens is 264 g/mol. The topological polar surface area (TPSA) is 73.8 Å². The molecule has 19 heavy (non-hydrogen) atoms. The van der Waals surface area contributed by atoms with E-state index in [4.69, 9.17) is 17.3 Å². The van der Waals surface area contributed by atoms with Gasteiger partial charge in [0.1, 0.15) is 17.1 Å². The highest BCUT2D eigenvalue weighted by Gasteiger charge is 2.27. The molecular formula is C13H15ClN4O. The molecule has 1 saturated carbocycles. The Balaban J connectivity index is 1.96. The molecule has 0 aromatic carbocycles. The molecule has 2 N–H and O–H groups in total. The molecule has 0 bridgehead atoms. The van der Waals surface area contributed by atoms with Crippen LogP contribution in [0.5, 0.6) is 0 Å². The molecule has 6 heteroatoms. The monoisotopic (exact) mass is 278 g/mol. The predicted molar refractivity (Wildman–Crippen MR) is 72.7 cm³/mol. The van der Waals surface area contributed by atoms with Gasteiger partial charge in [-0.1, -0.05) is 18.0 Å². The van der Waals surface area contributed by atoms with E-state index in [9.17, 15) is 4.79 Å². The van der Waals surface area contributed by atoms with E-state index in [0.29, 0.717) is 5.15 Å². The third-order valence-corrected chi connectivity index (χ3v) is 4.20. The Morgan fingerprint density at radius 1 is 1.42 bits per heavy atom. The van der Waals surface area contributed by atoms with Gasteiger partial charge in [-0.05, 0) is 25.3 Å². The summed E-state index contributed by atoms with van der Waals surface area (Å²) in [6.45, 7) is 0. The fourth-order valence-corrected chi connectivity index (χ4v) is 3.10. The number of amides is 1. The summed E-state index contributed by atoms with van der Waals surface area (Å²) >= 11 is 6.05. The maximum absolute atomic E-state index is 11.4. The third kappa shape index (κ3) is 2.18. The molecule has 3 rings (SSSR count). The second-order valence-corrected chi connectivity index (χ2v) is 5.40. The van der Waals surface area contributed by atoms with Crippen molar-refractivity contribution in [2.45, 2.75) is 31.7 Å². The maximum Gasteiger partial charge on any atom is 0.220 e. The van der Waals surface area contributed by atoms with Gasteiger partial charge >= 0.3 is 0 Å². The van der Waals surface area contributed by atoms with Crippen molar-refractivity contribution in [3.05, 3.63) is 23.7 Å². The number of hydrogen-bond donors (Lipinski definition) is 1. The van der Waals surface area contributed by atoms with Gasteiger partial charge < -0.3 is 10.3 Å². The molecule has 0 aliphatic heterocycles. The van der Waals surface area contributed by atoms with Gasteiger partial charge in [-0.2, -0.15) is 0 Å². The number of carbonyl (C=O) groups excluding carboxylic acids is 1. The average Bonchev–Trinajstić information content (AvgIpc) is 2.84. The van der Waals surface area contributed by atoms with Gasteiger partial charge in [-0.15, -0.1) is 0 Å². The first-order valence-electron chi connectivity index (χ1n) is 6.43. The highest BCUT2D eigenvalue weighted by atomic mass is 35.5. The summed E-state index contributed by atoms with van der Waals surface area (Å²) < 4.78 is 2.10. The van der Waals surface area contributed by atoms with Gasteiger partial charge in [0.15, 0.2) is 0 Å². The molecule has 1 aliphatic rings. The second-order valence-electron chi connectivity index (χ2n) is 5.04. The standard InChI is InChI=1S/C13H15ClN4O/c14-11-10-4-5-18(13(10)17-7-16-11)9-3-1-2-8(6-9)12(15)19/h4-5,7-9H,1-3,6H2,(H2,15,19). The van der Waals surface area contributed by atoms with Crippen molar-refractivity contribution in [2.75, 3.05) is 0 Å². The van der Waals surface area contributed by atoms with Gasteiger partial charge in [-0.25, -0.2) is 9.97 Å². The molecule has 2 heterocycles. The molecule has 2 unspecified atom stereocenters. The number of rotatable bonds is 2. The smallest absolute Gasteiger partial charge is 0.220 e. The van der Waals surface area contributed by atoms with Gasteiger partial charge in [0.25, 0.3) is 0 Å². The third-order valence-electron chi connectivity index (χ3n) is 3.90. The molecule has 2 aromatic heterocycles. The largest absolute Gasteiger partial charge is 0.369 e. The number of carbonyl (C=O) groups is 1. The second kappa shape index (κ2) is 4.81. The van der Waals surface area contributed by atoms with Crippen LogP contribution in [0, 0.1) is 5.92 Å². The Hall–Kier alpha value is -1.62. The van der Waals surface area contributed by atoms with Crippen molar-refractivity contribution in [1.29, 1.82) is 0 Å². The highest BCUT2D eigenvalue weighted by Crippen LogP contribution is 2.35. The SMILES string of the molecule is NC(=O)C1CCCC(n2ccc3c(Cl)ncnc32)C1. The normalized spacial score (nSPS) is 23.6. The van der Waals surface area contributed by atoms with Gasteiger partial charge in [0.2, 0.25) is 5.91 Å². The Kier molecular flexibility index (Phi) is 3.14. The van der Waals surface area contributed by atoms with Crippen LogP contribution >= 0.6 is 11.6 Å². The van der Waals surface area contributed by atoms with Crippen LogP contribution in [0.2, 0.25) is 5.15 Å². The van der Waals surface area contributed by atoms with Crippen molar-refractivity contribution in [1.82, 2.24) is 14.5 Å². The van der Waals surface area contributed by atoms with E-state index in [1.165, 1.54) is 6.33 Å². The van der Waals surface area contributed by atoms with Crippen LogP contribution in [0.3, 0.4) is 0 Å². The molecule has 1 fully saturated rings. The first kappa shape index (κ1) is 12.4. The summed E-state index contributed by atoms with van der Waals surface area (Å²) in [4.78, 5) is 19.6. The fraction of sp³-hybridized carbons (Fsp3) is 0.462. The van der Waals surface area contributed by atoms with Crippen LogP contribution in [0.4, 0.5) is 0 Å². The van der Waals surface area contributed by atoms with E-state index in [0.717, 1.165) is 36.7 Å². The molecule has 100 valence electrons. The summed E-state index contributed by atoms with van der Waals surface area (Å²) in [5.41, 5.74) is 6.25. The molecule has 5 nitrogen and oxygen atoms in total. The summed E-state index contributed by atoms with van der Waals surface area (Å²) in [7, 11) is 0. The zero-order valence-corrected chi connectivity index (χ0v) is 11.2. The molecule has 1 amide bonds. The van der Waals surface area contributed by atoms with Crippen LogP contribution in [0.1, 0.15) is 31.7 Å². The van der Waals surface area contributed by atoms with Crippen molar-refractivity contribution in [3.63, 3.8) is 0 Å². The molecule has 2 aromatic rings. The van der Waals surface area contributed by atoms with Crippen molar-refractivity contribution >= 4 is 28.5 Å². The Morgan fingerprint density at radius 2 is 2.26 bits per heavy atom. The Morgan fingerprint density at radius 3 is 3.05 bits per heavy atom. The molecule has 2 atom stereocenters. The molecule has 0 radical (unpaired) electrons. The Bertz CT molecular complexity index is 624. The van der Waals surface area contributed by atoms with Crippen LogP contribution in [0.15, 0.2) is 18.6 Å². The lowest BCUT2D eigenvalue weighted by atomic mass is 9.85. The zero-order valence-electron chi connectivity index (χ0n) is 10.4. The summed E-state index contributed by atoms with van der Waals surface area (Å²) in [5, 5.41) is 1.32. The summed E-state index contributed by atoms with van der Waals surface area (Å²) in [5.74, 6) is -0.234. The van der Waals surface area contributed by atoms with Gasteiger partial charge in [0, 0.05) is 18.2 Å². The van der Waals surface area contributed by atoms with E-state index < -0.39 is 0 Å². The zero-order chi connectivity index (χ0) is 13.4. The lowest BCUT2D eigenvalue weighted by Gasteiger charge is -2.28. The van der Waals surface area contributed by atoms with E-state index >= 15 is 0 Å². The maximum atomic E-state index is 11.4. The van der Waals surface area contributed by atoms with Crippen molar-refractivity contribution in [3.8, 4) is 0 Å². The predicted octanol–water partition coefficient (Wildman–Crippen LogP) is 2.30. The van der Waals surface area contributed by atoms with E-state index in [1.54, 1.807) is 0 Å². The number of nitrogens with two attached hydrogens (primary N) is 1. The average molecular weight is 279 g/mol. The van der Waals surface area contributed by atoms with Crippen molar-refractivity contribution < 1.29 is 4.79 Å². The molecule has 0 saturated heterocycles. The number of fused-ring (bicyclic) bond motifs is 1.